The number of rotatable bonds is 4. The van der Waals surface area contributed by atoms with E-state index >= 15 is 0 Å². The minimum atomic E-state index is -1.10. The van der Waals surface area contributed by atoms with Crippen molar-refractivity contribution in [1.82, 2.24) is 5.32 Å². The van der Waals surface area contributed by atoms with Gasteiger partial charge in [-0.25, -0.2) is 4.39 Å². The summed E-state index contributed by atoms with van der Waals surface area (Å²) in [5, 5.41) is 11.3. The van der Waals surface area contributed by atoms with Crippen LogP contribution in [0.3, 0.4) is 0 Å². The van der Waals surface area contributed by atoms with Crippen LogP contribution < -0.4 is 5.32 Å². The van der Waals surface area contributed by atoms with E-state index in [1.165, 1.54) is 32.0 Å². The van der Waals surface area contributed by atoms with Crippen LogP contribution in [-0.2, 0) is 4.79 Å². The lowest BCUT2D eigenvalue weighted by atomic mass is 9.94. The highest BCUT2D eigenvalue weighted by Crippen LogP contribution is 2.19. The predicted octanol–water partition coefficient (Wildman–Crippen LogP) is 2.43. The van der Waals surface area contributed by atoms with Gasteiger partial charge in [-0.3, -0.25) is 9.59 Å². The molecule has 0 bridgehead atoms. The quantitative estimate of drug-likeness (QED) is 0.896. The molecule has 1 rings (SSSR count). The lowest BCUT2D eigenvalue weighted by Crippen LogP contribution is -2.39. The second-order valence-corrected chi connectivity index (χ2v) is 5.33. The van der Waals surface area contributed by atoms with E-state index in [0.29, 0.717) is 0 Å². The second-order valence-electron chi connectivity index (χ2n) is 4.47. The Morgan fingerprint density at radius 2 is 2.06 bits per heavy atom. The number of aliphatic carboxylic acids is 1. The minimum Gasteiger partial charge on any atom is -0.481 e. The molecule has 0 spiro atoms. The fraction of sp³-hybridized carbons (Fsp3) is 0.333. The summed E-state index contributed by atoms with van der Waals surface area (Å²) in [7, 11) is 0. The number of halogens is 2. The maximum absolute atomic E-state index is 13.6. The van der Waals surface area contributed by atoms with E-state index in [4.69, 9.17) is 5.11 Å². The number of benzene rings is 1. The van der Waals surface area contributed by atoms with Crippen LogP contribution in [0.4, 0.5) is 4.39 Å². The molecule has 4 nitrogen and oxygen atoms in total. The Kier molecular flexibility index (Phi) is 4.45. The van der Waals surface area contributed by atoms with Crippen molar-refractivity contribution in [1.29, 1.82) is 0 Å². The van der Waals surface area contributed by atoms with E-state index in [2.05, 4.69) is 21.2 Å². The van der Waals surface area contributed by atoms with Crippen molar-refractivity contribution < 1.29 is 19.1 Å². The molecule has 1 aromatic carbocycles. The molecule has 0 aliphatic rings. The average Bonchev–Trinajstić information content (AvgIpc) is 2.29. The molecule has 1 aromatic rings. The van der Waals surface area contributed by atoms with E-state index < -0.39 is 23.1 Å². The molecule has 6 heteroatoms. The topological polar surface area (TPSA) is 66.4 Å². The fourth-order valence-electron chi connectivity index (χ4n) is 1.15. The Morgan fingerprint density at radius 1 is 1.44 bits per heavy atom. The number of carbonyl (C=O) groups is 2. The number of amides is 1. The van der Waals surface area contributed by atoms with E-state index in [1.807, 2.05) is 0 Å². The Bertz CT molecular complexity index is 488. The van der Waals surface area contributed by atoms with Crippen LogP contribution in [0.1, 0.15) is 24.2 Å². The summed E-state index contributed by atoms with van der Waals surface area (Å²) in [4.78, 5) is 22.6. The normalized spacial score (nSPS) is 11.1. The molecule has 0 aliphatic heterocycles. The lowest BCUT2D eigenvalue weighted by molar-refractivity contribution is -0.146. The van der Waals surface area contributed by atoms with Gasteiger partial charge in [0.2, 0.25) is 0 Å². The monoisotopic (exact) mass is 317 g/mol. The Hall–Kier alpha value is -1.43. The van der Waals surface area contributed by atoms with Gasteiger partial charge in [0.25, 0.3) is 5.91 Å². The smallest absolute Gasteiger partial charge is 0.310 e. The number of nitrogens with one attached hydrogen (secondary N) is 1. The molecule has 0 aliphatic carbocycles. The van der Waals surface area contributed by atoms with Gasteiger partial charge in [0, 0.05) is 6.54 Å². The SMILES string of the molecule is CC(C)(CNC(=O)c1cccc(Br)c1F)C(=O)O. The third-order valence-electron chi connectivity index (χ3n) is 2.47. The molecule has 1 amide bonds. The summed E-state index contributed by atoms with van der Waals surface area (Å²) in [6, 6.07) is 4.35. The highest BCUT2D eigenvalue weighted by Gasteiger charge is 2.28. The number of carboxylic acid groups (broad SMARTS) is 1. The summed E-state index contributed by atoms with van der Waals surface area (Å²) >= 11 is 2.98. The van der Waals surface area contributed by atoms with Gasteiger partial charge < -0.3 is 10.4 Å². The fourth-order valence-corrected chi connectivity index (χ4v) is 1.52. The van der Waals surface area contributed by atoms with Crippen molar-refractivity contribution in [2.45, 2.75) is 13.8 Å². The lowest BCUT2D eigenvalue weighted by Gasteiger charge is -2.19. The van der Waals surface area contributed by atoms with Gasteiger partial charge in [-0.1, -0.05) is 6.07 Å². The summed E-state index contributed by atoms with van der Waals surface area (Å²) in [6.45, 7) is 2.88. The van der Waals surface area contributed by atoms with Gasteiger partial charge >= 0.3 is 5.97 Å². The first-order chi connectivity index (χ1) is 8.25. The largest absolute Gasteiger partial charge is 0.481 e. The molecule has 2 N–H and O–H groups in total. The maximum Gasteiger partial charge on any atom is 0.310 e. The van der Waals surface area contributed by atoms with Crippen LogP contribution in [-0.4, -0.2) is 23.5 Å². The summed E-state index contributed by atoms with van der Waals surface area (Å²) in [6.07, 6.45) is 0. The molecular formula is C12H13BrFNO3. The molecule has 0 fully saturated rings. The van der Waals surface area contributed by atoms with Gasteiger partial charge in [-0.05, 0) is 41.9 Å². The Morgan fingerprint density at radius 3 is 2.61 bits per heavy atom. The van der Waals surface area contributed by atoms with E-state index in [-0.39, 0.29) is 16.6 Å². The van der Waals surface area contributed by atoms with Crippen molar-refractivity contribution in [2.75, 3.05) is 6.54 Å². The molecule has 0 heterocycles. The number of carbonyl (C=O) groups excluding carboxylic acids is 1. The third kappa shape index (κ3) is 3.29. The van der Waals surface area contributed by atoms with Gasteiger partial charge in [-0.2, -0.15) is 0 Å². The summed E-state index contributed by atoms with van der Waals surface area (Å²) in [5.41, 5.74) is -1.22. The van der Waals surface area contributed by atoms with Gasteiger partial charge in [0.15, 0.2) is 0 Å². The van der Waals surface area contributed by atoms with Crippen LogP contribution in [0.5, 0.6) is 0 Å². The first-order valence-electron chi connectivity index (χ1n) is 5.21. The summed E-state index contributed by atoms with van der Waals surface area (Å²) in [5.74, 6) is -2.33. The number of hydrogen-bond donors (Lipinski definition) is 2. The van der Waals surface area contributed by atoms with Crippen molar-refractivity contribution in [3.05, 3.63) is 34.1 Å². The number of hydrogen-bond acceptors (Lipinski definition) is 2. The zero-order valence-electron chi connectivity index (χ0n) is 9.96. The van der Waals surface area contributed by atoms with Gasteiger partial charge in [-0.15, -0.1) is 0 Å². The van der Waals surface area contributed by atoms with Crippen LogP contribution in [0.15, 0.2) is 22.7 Å². The van der Waals surface area contributed by atoms with Gasteiger partial charge in [0.1, 0.15) is 5.82 Å². The Labute approximate surface area is 112 Å². The molecule has 0 saturated heterocycles. The predicted molar refractivity (Wildman–Crippen MR) is 67.9 cm³/mol. The van der Waals surface area contributed by atoms with E-state index in [9.17, 15) is 14.0 Å². The highest BCUT2D eigenvalue weighted by atomic mass is 79.9. The van der Waals surface area contributed by atoms with Crippen LogP contribution in [0, 0.1) is 11.2 Å². The molecule has 0 aromatic heterocycles. The van der Waals surface area contributed by atoms with Crippen molar-refractivity contribution in [3.8, 4) is 0 Å². The van der Waals surface area contributed by atoms with Crippen molar-refractivity contribution >= 4 is 27.8 Å². The Balaban J connectivity index is 2.78. The van der Waals surface area contributed by atoms with Crippen LogP contribution in [0.25, 0.3) is 0 Å². The van der Waals surface area contributed by atoms with Crippen molar-refractivity contribution in [2.24, 2.45) is 5.41 Å². The number of carboxylic acids is 1. The summed E-state index contributed by atoms with van der Waals surface area (Å²) < 4.78 is 13.8. The van der Waals surface area contributed by atoms with E-state index in [0.717, 1.165) is 0 Å². The van der Waals surface area contributed by atoms with Crippen molar-refractivity contribution in [3.63, 3.8) is 0 Å². The van der Waals surface area contributed by atoms with Gasteiger partial charge in [0.05, 0.1) is 15.5 Å². The van der Waals surface area contributed by atoms with Crippen LogP contribution >= 0.6 is 15.9 Å². The standard InChI is InChI=1S/C12H13BrFNO3/c1-12(2,11(17)18)6-15-10(16)7-4-3-5-8(13)9(7)14/h3-5H,6H2,1-2H3,(H,15,16)(H,17,18). The third-order valence-corrected chi connectivity index (χ3v) is 3.08. The first kappa shape index (κ1) is 14.6. The van der Waals surface area contributed by atoms with E-state index in [1.54, 1.807) is 0 Å². The molecule has 98 valence electrons. The molecule has 0 saturated carbocycles. The first-order valence-corrected chi connectivity index (χ1v) is 6.00. The highest BCUT2D eigenvalue weighted by molar-refractivity contribution is 9.10. The zero-order chi connectivity index (χ0) is 13.9. The average molecular weight is 318 g/mol. The van der Waals surface area contributed by atoms with Crippen LogP contribution in [0.2, 0.25) is 0 Å². The molecule has 0 atom stereocenters. The second kappa shape index (κ2) is 5.48. The molecule has 0 radical (unpaired) electrons. The maximum atomic E-state index is 13.6. The minimum absolute atomic E-state index is 0.0763. The zero-order valence-corrected chi connectivity index (χ0v) is 11.5. The molecule has 0 unspecified atom stereocenters. The molecular weight excluding hydrogens is 305 g/mol. The molecule has 18 heavy (non-hydrogen) atoms.